The van der Waals surface area contributed by atoms with Gasteiger partial charge in [0.25, 0.3) is 0 Å². The first-order valence-corrected chi connectivity index (χ1v) is 8.36. The van der Waals surface area contributed by atoms with Gasteiger partial charge in [0.1, 0.15) is 6.33 Å². The molecule has 1 heterocycles. The molecule has 0 aliphatic rings. The molecule has 0 fully saturated rings. The van der Waals surface area contributed by atoms with Crippen LogP contribution in [0.2, 0.25) is 10.0 Å². The van der Waals surface area contributed by atoms with Gasteiger partial charge in [-0.15, -0.1) is 0 Å². The fourth-order valence-electron chi connectivity index (χ4n) is 1.92. The zero-order valence-electron chi connectivity index (χ0n) is 13.5. The summed E-state index contributed by atoms with van der Waals surface area (Å²) in [4.78, 5) is 8.19. The van der Waals surface area contributed by atoms with Crippen LogP contribution in [0.1, 0.15) is 11.1 Å². The fourth-order valence-corrected chi connectivity index (χ4v) is 2.18. The number of hydrogen-bond acceptors (Lipinski definition) is 6. The summed E-state index contributed by atoms with van der Waals surface area (Å²) >= 11 is 11.7. The van der Waals surface area contributed by atoms with Gasteiger partial charge in [-0.1, -0.05) is 47.5 Å². The average Bonchev–Trinajstić information content (AvgIpc) is 2.65. The first-order valence-electron chi connectivity index (χ1n) is 7.60. The molecule has 130 valence electrons. The summed E-state index contributed by atoms with van der Waals surface area (Å²) < 4.78 is 0. The van der Waals surface area contributed by atoms with Crippen molar-refractivity contribution in [3.05, 3.63) is 82.1 Å². The molecule has 2 N–H and O–H groups in total. The van der Waals surface area contributed by atoms with Gasteiger partial charge in [-0.2, -0.15) is 10.2 Å². The van der Waals surface area contributed by atoms with Gasteiger partial charge in [0, 0.05) is 16.1 Å². The highest BCUT2D eigenvalue weighted by Gasteiger charge is 1.96. The molecule has 0 amide bonds. The number of aromatic nitrogens is 2. The number of hydrogen-bond donors (Lipinski definition) is 2. The van der Waals surface area contributed by atoms with Crippen LogP contribution in [0.25, 0.3) is 0 Å². The van der Waals surface area contributed by atoms with Crippen LogP contribution in [0.5, 0.6) is 0 Å². The lowest BCUT2D eigenvalue weighted by molar-refractivity contribution is 1.12. The minimum Gasteiger partial charge on any atom is -0.261 e. The highest BCUT2D eigenvalue weighted by atomic mass is 35.5. The van der Waals surface area contributed by atoms with E-state index in [9.17, 15) is 0 Å². The number of nitrogens with one attached hydrogen (secondary N) is 2. The molecule has 6 nitrogen and oxygen atoms in total. The van der Waals surface area contributed by atoms with E-state index in [4.69, 9.17) is 23.2 Å². The maximum Gasteiger partial charge on any atom is 0.151 e. The largest absolute Gasteiger partial charge is 0.261 e. The Balaban J connectivity index is 1.57. The van der Waals surface area contributed by atoms with E-state index < -0.39 is 0 Å². The van der Waals surface area contributed by atoms with E-state index in [1.165, 1.54) is 6.33 Å². The molecule has 0 unspecified atom stereocenters. The van der Waals surface area contributed by atoms with Crippen molar-refractivity contribution in [3.63, 3.8) is 0 Å². The van der Waals surface area contributed by atoms with E-state index in [0.29, 0.717) is 21.7 Å². The number of anilines is 2. The lowest BCUT2D eigenvalue weighted by atomic mass is 10.2. The van der Waals surface area contributed by atoms with Gasteiger partial charge >= 0.3 is 0 Å². The van der Waals surface area contributed by atoms with Crippen molar-refractivity contribution in [2.75, 3.05) is 10.9 Å². The molecule has 1 aromatic heterocycles. The van der Waals surface area contributed by atoms with E-state index >= 15 is 0 Å². The summed E-state index contributed by atoms with van der Waals surface area (Å²) in [6, 6.07) is 16.4. The third-order valence-electron chi connectivity index (χ3n) is 3.19. The second kappa shape index (κ2) is 8.94. The van der Waals surface area contributed by atoms with Crippen LogP contribution in [0.4, 0.5) is 11.6 Å². The number of benzene rings is 2. The molecule has 26 heavy (non-hydrogen) atoms. The van der Waals surface area contributed by atoms with Crippen LogP contribution in [-0.2, 0) is 0 Å². The van der Waals surface area contributed by atoms with Gasteiger partial charge < -0.3 is 0 Å². The van der Waals surface area contributed by atoms with Gasteiger partial charge in [-0.25, -0.2) is 9.97 Å². The molecule has 0 saturated heterocycles. The number of halogens is 2. The number of hydrazone groups is 2. The normalized spacial score (nSPS) is 11.2. The Kier molecular flexibility index (Phi) is 6.14. The standard InChI is InChI=1S/C18H14Cl2N6/c19-15-5-1-13(2-6-15)10-23-25-17-9-18(22-12-21-17)26-24-11-14-3-7-16(20)8-4-14/h1-12H,(H2,21,22,25,26). The molecular formula is C18H14Cl2N6. The van der Waals surface area contributed by atoms with Gasteiger partial charge in [0.15, 0.2) is 11.6 Å². The summed E-state index contributed by atoms with van der Waals surface area (Å²) in [5, 5.41) is 9.63. The summed E-state index contributed by atoms with van der Waals surface area (Å²) in [6.45, 7) is 0. The SMILES string of the molecule is Clc1ccc(C=NNc2cc(NN=Cc3ccc(Cl)cc3)ncn2)cc1. The Bertz CT molecular complexity index is 835. The van der Waals surface area contributed by atoms with Gasteiger partial charge in [-0.05, 0) is 35.4 Å². The zero-order chi connectivity index (χ0) is 18.2. The molecular weight excluding hydrogens is 371 g/mol. The predicted octanol–water partition coefficient (Wildman–Crippen LogP) is 4.68. The van der Waals surface area contributed by atoms with Crippen molar-refractivity contribution < 1.29 is 0 Å². The van der Waals surface area contributed by atoms with Crippen molar-refractivity contribution in [1.82, 2.24) is 9.97 Å². The molecule has 0 radical (unpaired) electrons. The van der Waals surface area contributed by atoms with Gasteiger partial charge in [0.05, 0.1) is 12.4 Å². The third kappa shape index (κ3) is 5.54. The topological polar surface area (TPSA) is 74.6 Å². The summed E-state index contributed by atoms with van der Waals surface area (Å²) in [6.07, 6.45) is 4.76. The minimum absolute atomic E-state index is 0.536. The van der Waals surface area contributed by atoms with E-state index in [1.54, 1.807) is 42.8 Å². The Morgan fingerprint density at radius 3 is 1.54 bits per heavy atom. The maximum absolute atomic E-state index is 5.85. The summed E-state index contributed by atoms with van der Waals surface area (Å²) in [5.41, 5.74) is 7.52. The zero-order valence-corrected chi connectivity index (χ0v) is 15.0. The lowest BCUT2D eigenvalue weighted by Gasteiger charge is -2.02. The van der Waals surface area contributed by atoms with Crippen LogP contribution >= 0.6 is 23.2 Å². The molecule has 3 rings (SSSR count). The monoisotopic (exact) mass is 384 g/mol. The Morgan fingerprint density at radius 2 is 1.12 bits per heavy atom. The molecule has 3 aromatic rings. The van der Waals surface area contributed by atoms with Crippen LogP contribution < -0.4 is 10.9 Å². The highest BCUT2D eigenvalue weighted by molar-refractivity contribution is 6.30. The van der Waals surface area contributed by atoms with E-state index in [2.05, 4.69) is 31.0 Å². The molecule has 0 spiro atoms. The van der Waals surface area contributed by atoms with Crippen molar-refractivity contribution in [2.45, 2.75) is 0 Å². The van der Waals surface area contributed by atoms with E-state index in [1.807, 2.05) is 24.3 Å². The van der Waals surface area contributed by atoms with Crippen molar-refractivity contribution in [1.29, 1.82) is 0 Å². The van der Waals surface area contributed by atoms with Crippen molar-refractivity contribution in [2.24, 2.45) is 10.2 Å². The Labute approximate surface area is 160 Å². The second-order valence-electron chi connectivity index (χ2n) is 5.13. The molecule has 0 bridgehead atoms. The highest BCUT2D eigenvalue weighted by Crippen LogP contribution is 2.11. The first kappa shape index (κ1) is 17.8. The maximum atomic E-state index is 5.85. The molecule has 0 aliphatic heterocycles. The van der Waals surface area contributed by atoms with Crippen molar-refractivity contribution in [3.8, 4) is 0 Å². The van der Waals surface area contributed by atoms with Crippen LogP contribution in [0.3, 0.4) is 0 Å². The average molecular weight is 385 g/mol. The predicted molar refractivity (Wildman–Crippen MR) is 107 cm³/mol. The van der Waals surface area contributed by atoms with E-state index in [0.717, 1.165) is 11.1 Å². The third-order valence-corrected chi connectivity index (χ3v) is 3.70. The van der Waals surface area contributed by atoms with E-state index in [-0.39, 0.29) is 0 Å². The Hall–Kier alpha value is -2.96. The molecule has 0 aliphatic carbocycles. The van der Waals surface area contributed by atoms with Crippen LogP contribution in [0.15, 0.2) is 71.1 Å². The summed E-state index contributed by atoms with van der Waals surface area (Å²) in [5.74, 6) is 1.07. The van der Waals surface area contributed by atoms with Crippen LogP contribution in [0, 0.1) is 0 Å². The number of rotatable bonds is 6. The molecule has 2 aromatic carbocycles. The summed E-state index contributed by atoms with van der Waals surface area (Å²) in [7, 11) is 0. The Morgan fingerprint density at radius 1 is 0.692 bits per heavy atom. The smallest absolute Gasteiger partial charge is 0.151 e. The molecule has 0 saturated carbocycles. The van der Waals surface area contributed by atoms with Gasteiger partial charge in [0.2, 0.25) is 0 Å². The second-order valence-corrected chi connectivity index (χ2v) is 6.00. The number of nitrogens with zero attached hydrogens (tertiary/aromatic N) is 4. The first-order chi connectivity index (χ1) is 12.7. The lowest BCUT2D eigenvalue weighted by Crippen LogP contribution is -1.98. The quantitative estimate of drug-likeness (QED) is 0.478. The molecule has 0 atom stereocenters. The fraction of sp³-hybridized carbons (Fsp3) is 0. The van der Waals surface area contributed by atoms with Crippen molar-refractivity contribution >= 4 is 47.3 Å². The molecule has 8 heteroatoms. The van der Waals surface area contributed by atoms with Gasteiger partial charge in [-0.3, -0.25) is 10.9 Å². The van der Waals surface area contributed by atoms with Crippen LogP contribution in [-0.4, -0.2) is 22.4 Å². The minimum atomic E-state index is 0.536.